The molecular weight excluding hydrogens is 789 g/mol. The number of nitrogens with zero attached hydrogens (tertiary/aromatic N) is 8. The second kappa shape index (κ2) is 25.2. The van der Waals surface area contributed by atoms with Crippen molar-refractivity contribution < 1.29 is 50.7 Å². The average molecular weight is 861 g/mol. The van der Waals surface area contributed by atoms with Gasteiger partial charge in [-0.25, -0.2) is 9.59 Å². The third-order valence-corrected chi connectivity index (χ3v) is 12.1. The van der Waals surface area contributed by atoms with Crippen molar-refractivity contribution in [3.8, 4) is 0 Å². The molecule has 5 saturated heterocycles. The van der Waals surface area contributed by atoms with Gasteiger partial charge >= 0.3 is 24.1 Å². The molecular formula is C39H72N8O11S. The molecule has 0 spiro atoms. The molecule has 0 aromatic rings. The molecule has 5 fully saturated rings. The summed E-state index contributed by atoms with van der Waals surface area (Å²) in [5.74, 6) is -0.772. The first-order valence-corrected chi connectivity index (χ1v) is 23.6. The molecule has 0 bridgehead atoms. The van der Waals surface area contributed by atoms with Crippen LogP contribution in [0.5, 0.6) is 0 Å². The summed E-state index contributed by atoms with van der Waals surface area (Å²) in [6, 6.07) is -0.629. The summed E-state index contributed by atoms with van der Waals surface area (Å²) in [5, 5.41) is 0. The van der Waals surface area contributed by atoms with Crippen molar-refractivity contribution in [1.82, 2.24) is 39.2 Å². The highest BCUT2D eigenvalue weighted by Gasteiger charge is 2.36. The van der Waals surface area contributed by atoms with Crippen molar-refractivity contribution in [2.75, 3.05) is 164 Å². The third-order valence-electron chi connectivity index (χ3n) is 11.5. The fraction of sp³-hybridized carbons (Fsp3) is 0.897. The molecule has 0 N–H and O–H groups in total. The van der Waals surface area contributed by atoms with Gasteiger partial charge in [0.1, 0.15) is 24.9 Å². The van der Waals surface area contributed by atoms with Gasteiger partial charge in [-0.3, -0.25) is 23.6 Å². The zero-order chi connectivity index (χ0) is 42.8. The van der Waals surface area contributed by atoms with E-state index < -0.39 is 22.3 Å². The van der Waals surface area contributed by atoms with Crippen LogP contribution < -0.4 is 0 Å². The lowest BCUT2D eigenvalue weighted by atomic mass is 10.1. The van der Waals surface area contributed by atoms with E-state index in [1.165, 1.54) is 0 Å². The summed E-state index contributed by atoms with van der Waals surface area (Å²) >= 11 is 0. The van der Waals surface area contributed by atoms with Gasteiger partial charge in [-0.15, -0.1) is 0 Å². The normalized spacial score (nSPS) is 23.7. The van der Waals surface area contributed by atoms with E-state index in [2.05, 4.69) is 42.5 Å². The lowest BCUT2D eigenvalue weighted by Gasteiger charge is -2.38. The molecule has 3 atom stereocenters. The molecule has 5 aliphatic heterocycles. The molecule has 5 aliphatic rings. The first kappa shape index (κ1) is 48.8. The largest absolute Gasteiger partial charge is 0.466 e. The van der Waals surface area contributed by atoms with E-state index in [9.17, 15) is 27.6 Å². The molecule has 0 aliphatic carbocycles. The molecule has 0 saturated carbocycles. The first-order valence-electron chi connectivity index (χ1n) is 21.7. The summed E-state index contributed by atoms with van der Waals surface area (Å²) in [6.07, 6.45) is 1.58. The highest BCUT2D eigenvalue weighted by molar-refractivity contribution is 7.85. The maximum atomic E-state index is 12.5. The van der Waals surface area contributed by atoms with Crippen LogP contribution >= 0.6 is 0 Å². The Kier molecular flexibility index (Phi) is 20.8. The van der Waals surface area contributed by atoms with Crippen molar-refractivity contribution in [2.24, 2.45) is 0 Å². The highest BCUT2D eigenvalue weighted by atomic mass is 32.2. The molecule has 0 aromatic carbocycles. The molecule has 19 nitrogen and oxygen atoms in total. The minimum atomic E-state index is -3.51. The maximum Gasteiger partial charge on any atom is 0.410 e. The second-order valence-corrected chi connectivity index (χ2v) is 17.4. The summed E-state index contributed by atoms with van der Waals surface area (Å²) in [6.45, 7) is 27.1. The van der Waals surface area contributed by atoms with Gasteiger partial charge in [0.25, 0.3) is 10.1 Å². The van der Waals surface area contributed by atoms with Gasteiger partial charge in [-0.2, -0.15) is 8.42 Å². The van der Waals surface area contributed by atoms with E-state index >= 15 is 0 Å². The smallest absolute Gasteiger partial charge is 0.410 e. The van der Waals surface area contributed by atoms with Gasteiger partial charge in [0, 0.05) is 98.2 Å². The molecule has 3 unspecified atom stereocenters. The molecule has 0 aromatic heterocycles. The molecule has 5 heterocycles. The van der Waals surface area contributed by atoms with Gasteiger partial charge in [-0.05, 0) is 52.9 Å². The predicted octanol–water partition coefficient (Wildman–Crippen LogP) is 0.148. The molecule has 5 rings (SSSR count). The molecule has 2 amide bonds. The summed E-state index contributed by atoms with van der Waals surface area (Å²) < 4.78 is 47.6. The Morgan fingerprint density at radius 3 is 1.58 bits per heavy atom. The van der Waals surface area contributed by atoms with Crippen LogP contribution in [0.15, 0.2) is 0 Å². The van der Waals surface area contributed by atoms with Gasteiger partial charge in [0.15, 0.2) is 0 Å². The monoisotopic (exact) mass is 861 g/mol. The lowest BCUT2D eigenvalue weighted by molar-refractivity contribution is -0.157. The van der Waals surface area contributed by atoms with Crippen LogP contribution in [0.4, 0.5) is 9.59 Å². The SMILES string of the molecule is CCN1CCN(CCCN2CC(COS(C)(=O)=O)OC2=O)CC1.CCOC(=O)CC(C(=O)OCC)N1CCN(CC2CN(CCCN3CCN(CC)CC3)C(=O)O2)CC1. The Labute approximate surface area is 352 Å². The Morgan fingerprint density at radius 1 is 0.644 bits per heavy atom. The number of esters is 2. The average Bonchev–Trinajstić information content (AvgIpc) is 3.76. The van der Waals surface area contributed by atoms with Crippen molar-refractivity contribution in [3.05, 3.63) is 0 Å². The standard InChI is InChI=1S/C25H45N5O6.C14H27N3O5S/c1-4-26-10-12-27(13-11-26)8-7-9-30-20-21(36-25(30)33)19-28-14-16-29(17-15-28)22(24(32)35-6-3)18-23(31)34-5-2;1-3-15-7-9-16(10-8-15)5-4-6-17-11-13(22-14(17)18)12-21-23(2,19)20/h21-22H,4-20H2,1-3H3;13H,3-12H2,1-2H3. The minimum Gasteiger partial charge on any atom is -0.466 e. The van der Waals surface area contributed by atoms with E-state index in [0.29, 0.717) is 39.3 Å². The summed E-state index contributed by atoms with van der Waals surface area (Å²) in [7, 11) is -3.51. The van der Waals surface area contributed by atoms with Crippen LogP contribution in [0, 0.1) is 0 Å². The molecule has 0 radical (unpaired) electrons. The van der Waals surface area contributed by atoms with E-state index in [4.69, 9.17) is 18.9 Å². The molecule has 20 heteroatoms. The van der Waals surface area contributed by atoms with Crippen molar-refractivity contribution >= 4 is 34.2 Å². The van der Waals surface area contributed by atoms with Crippen LogP contribution in [-0.2, 0) is 42.8 Å². The predicted molar refractivity (Wildman–Crippen MR) is 221 cm³/mol. The number of ether oxygens (including phenoxy) is 4. The van der Waals surface area contributed by atoms with Crippen molar-refractivity contribution in [3.63, 3.8) is 0 Å². The van der Waals surface area contributed by atoms with Gasteiger partial charge in [0.05, 0.1) is 39.0 Å². The fourth-order valence-electron chi connectivity index (χ4n) is 8.05. The Balaban J connectivity index is 0.000000288. The summed E-state index contributed by atoms with van der Waals surface area (Å²) in [5.41, 5.74) is 0. The maximum absolute atomic E-state index is 12.5. The number of likely N-dealkylation sites (N-methyl/N-ethyl adjacent to an activating group) is 2. The number of carbonyl (C=O) groups is 4. The van der Waals surface area contributed by atoms with Crippen molar-refractivity contribution in [1.29, 1.82) is 0 Å². The van der Waals surface area contributed by atoms with Crippen LogP contribution in [0.25, 0.3) is 0 Å². The van der Waals surface area contributed by atoms with Crippen LogP contribution in [-0.4, -0.2) is 254 Å². The topological polar surface area (TPSA) is 174 Å². The minimum absolute atomic E-state index is 0.00381. The second-order valence-electron chi connectivity index (χ2n) is 15.8. The van der Waals surface area contributed by atoms with Crippen molar-refractivity contribution in [2.45, 2.75) is 65.2 Å². The van der Waals surface area contributed by atoms with E-state index in [-0.39, 0.29) is 56.5 Å². The molecule has 59 heavy (non-hydrogen) atoms. The zero-order valence-corrected chi connectivity index (χ0v) is 37.1. The van der Waals surface area contributed by atoms with Crippen LogP contribution in [0.1, 0.15) is 47.0 Å². The number of carbonyl (C=O) groups excluding carboxylic acids is 4. The third kappa shape index (κ3) is 17.2. The Bertz CT molecular complexity index is 1410. The zero-order valence-electron chi connectivity index (χ0n) is 36.3. The van der Waals surface area contributed by atoms with Crippen LogP contribution in [0.3, 0.4) is 0 Å². The number of hydrogen-bond donors (Lipinski definition) is 0. The first-order chi connectivity index (χ1) is 28.3. The van der Waals surface area contributed by atoms with Crippen LogP contribution in [0.2, 0.25) is 0 Å². The number of amides is 2. The van der Waals surface area contributed by atoms with Gasteiger partial charge in [-0.1, -0.05) is 13.8 Å². The number of hydrogen-bond acceptors (Lipinski definition) is 17. The van der Waals surface area contributed by atoms with E-state index in [0.717, 1.165) is 117 Å². The number of cyclic esters (lactones) is 2. The molecule has 340 valence electrons. The lowest BCUT2D eigenvalue weighted by Crippen LogP contribution is -2.54. The number of piperazine rings is 3. The van der Waals surface area contributed by atoms with E-state index in [1.54, 1.807) is 18.7 Å². The van der Waals surface area contributed by atoms with Gasteiger partial charge in [0.2, 0.25) is 0 Å². The Morgan fingerprint density at radius 2 is 1.10 bits per heavy atom. The summed E-state index contributed by atoms with van der Waals surface area (Å²) in [4.78, 5) is 66.2. The Hall–Kier alpha value is -2.85. The van der Waals surface area contributed by atoms with E-state index in [1.807, 2.05) is 9.80 Å². The highest BCUT2D eigenvalue weighted by Crippen LogP contribution is 2.18. The number of rotatable bonds is 21. The van der Waals surface area contributed by atoms with Gasteiger partial charge < -0.3 is 48.3 Å². The fourth-order valence-corrected chi connectivity index (χ4v) is 8.45. The quantitative estimate of drug-likeness (QED) is 0.0866.